The average Bonchev–Trinajstić information content (AvgIpc) is 2.30. The molecule has 0 radical (unpaired) electrons. The van der Waals surface area contributed by atoms with Gasteiger partial charge >= 0.3 is 0 Å². The number of piperidine rings is 1. The molecule has 1 aromatic heterocycles. The normalized spacial score (nSPS) is 19.5. The van der Waals surface area contributed by atoms with Crippen LogP contribution in [0.5, 0.6) is 0 Å². The van der Waals surface area contributed by atoms with Crippen LogP contribution in [0, 0.1) is 11.3 Å². The summed E-state index contributed by atoms with van der Waals surface area (Å²) in [5, 5.41) is 12.6. The molecular weight excluding hydrogens is 254 g/mol. The molecule has 1 saturated heterocycles. The Morgan fingerprint density at radius 1 is 1.47 bits per heavy atom. The number of nitrogens with zero attached hydrogens (tertiary/aromatic N) is 2. The highest BCUT2D eigenvalue weighted by atomic mass is 79.9. The molecule has 0 spiro atoms. The van der Waals surface area contributed by atoms with Gasteiger partial charge in [0.25, 0.3) is 0 Å². The van der Waals surface area contributed by atoms with Gasteiger partial charge in [0, 0.05) is 10.7 Å². The molecule has 78 valence electrons. The summed E-state index contributed by atoms with van der Waals surface area (Å²) in [4.78, 5) is 4.35. The Kier molecular flexibility index (Phi) is 3.03. The van der Waals surface area contributed by atoms with Crippen molar-refractivity contribution in [3.63, 3.8) is 0 Å². The van der Waals surface area contributed by atoms with Crippen molar-refractivity contribution < 1.29 is 0 Å². The van der Waals surface area contributed by atoms with Crippen LogP contribution in [-0.2, 0) is 5.41 Å². The van der Waals surface area contributed by atoms with E-state index in [-0.39, 0.29) is 0 Å². The molecule has 0 bridgehead atoms. The molecule has 0 atom stereocenters. The lowest BCUT2D eigenvalue weighted by Gasteiger charge is -2.31. The summed E-state index contributed by atoms with van der Waals surface area (Å²) in [7, 11) is 0. The van der Waals surface area contributed by atoms with E-state index in [1.165, 1.54) is 0 Å². The van der Waals surface area contributed by atoms with Crippen molar-refractivity contribution in [2.75, 3.05) is 13.1 Å². The molecule has 0 aliphatic carbocycles. The zero-order chi connectivity index (χ0) is 10.7. The number of halogens is 1. The number of hydrogen-bond acceptors (Lipinski definition) is 3. The Labute approximate surface area is 97.6 Å². The highest BCUT2D eigenvalue weighted by Crippen LogP contribution is 2.35. The Morgan fingerprint density at radius 2 is 2.20 bits per heavy atom. The van der Waals surface area contributed by atoms with Crippen LogP contribution in [0.1, 0.15) is 18.5 Å². The highest BCUT2D eigenvalue weighted by molar-refractivity contribution is 9.10. The summed E-state index contributed by atoms with van der Waals surface area (Å²) in [6, 6.07) is 6.26. The van der Waals surface area contributed by atoms with E-state index in [1.807, 2.05) is 12.1 Å². The smallest absolute Gasteiger partial charge is 0.103 e. The molecule has 0 saturated carbocycles. The Bertz CT molecular complexity index is 391. The van der Waals surface area contributed by atoms with E-state index in [4.69, 9.17) is 0 Å². The molecule has 2 rings (SSSR count). The Hall–Kier alpha value is -0.920. The minimum absolute atomic E-state index is 0.411. The molecule has 3 nitrogen and oxygen atoms in total. The van der Waals surface area contributed by atoms with E-state index >= 15 is 0 Å². The van der Waals surface area contributed by atoms with Crippen LogP contribution in [0.25, 0.3) is 0 Å². The maximum atomic E-state index is 9.38. The third-order valence-electron chi connectivity index (χ3n) is 2.88. The van der Waals surface area contributed by atoms with Crippen LogP contribution in [0.15, 0.2) is 22.8 Å². The summed E-state index contributed by atoms with van der Waals surface area (Å²) >= 11 is 3.47. The van der Waals surface area contributed by atoms with Crippen molar-refractivity contribution in [3.8, 4) is 6.07 Å². The zero-order valence-corrected chi connectivity index (χ0v) is 9.92. The number of rotatable bonds is 1. The van der Waals surface area contributed by atoms with Gasteiger partial charge in [-0.25, -0.2) is 0 Å². The number of nitriles is 1. The summed E-state index contributed by atoms with van der Waals surface area (Å²) in [5.41, 5.74) is 0.472. The third kappa shape index (κ3) is 1.90. The lowest BCUT2D eigenvalue weighted by atomic mass is 9.77. The zero-order valence-electron chi connectivity index (χ0n) is 8.33. The molecule has 2 heterocycles. The van der Waals surface area contributed by atoms with Gasteiger partial charge in [0.15, 0.2) is 0 Å². The van der Waals surface area contributed by atoms with E-state index in [0.29, 0.717) is 0 Å². The minimum Gasteiger partial charge on any atom is -0.317 e. The number of nitrogens with one attached hydrogen (secondary N) is 1. The van der Waals surface area contributed by atoms with Crippen LogP contribution in [0.4, 0.5) is 0 Å². The van der Waals surface area contributed by atoms with Crippen molar-refractivity contribution >= 4 is 15.9 Å². The average molecular weight is 266 g/mol. The lowest BCUT2D eigenvalue weighted by molar-refractivity contribution is 0.373. The second kappa shape index (κ2) is 4.30. The summed E-state index contributed by atoms with van der Waals surface area (Å²) in [6.45, 7) is 1.77. The molecule has 4 heteroatoms. The van der Waals surface area contributed by atoms with Crippen LogP contribution in [-0.4, -0.2) is 18.1 Å². The first-order chi connectivity index (χ1) is 7.28. The Balaban J connectivity index is 2.42. The molecule has 1 aromatic rings. The van der Waals surface area contributed by atoms with Crippen LogP contribution in [0.2, 0.25) is 0 Å². The second-order valence-corrected chi connectivity index (χ2v) is 4.63. The maximum absolute atomic E-state index is 9.38. The molecule has 15 heavy (non-hydrogen) atoms. The summed E-state index contributed by atoms with van der Waals surface area (Å²) in [5.74, 6) is 0. The van der Waals surface area contributed by atoms with E-state index in [1.54, 1.807) is 6.20 Å². The van der Waals surface area contributed by atoms with Crippen LogP contribution >= 0.6 is 15.9 Å². The molecule has 0 aromatic carbocycles. The first-order valence-electron chi connectivity index (χ1n) is 5.01. The van der Waals surface area contributed by atoms with Gasteiger partial charge in [-0.3, -0.25) is 4.98 Å². The predicted octanol–water partition coefficient (Wildman–Crippen LogP) is 1.99. The summed E-state index contributed by atoms with van der Waals surface area (Å²) in [6.07, 6.45) is 3.42. The van der Waals surface area contributed by atoms with E-state index in [0.717, 1.165) is 36.1 Å². The van der Waals surface area contributed by atoms with Gasteiger partial charge in [-0.15, -0.1) is 0 Å². The SMILES string of the molecule is N#CC1(c2ncccc2Br)CCNCC1. The number of hydrogen-bond donors (Lipinski definition) is 1. The van der Waals surface area contributed by atoms with E-state index < -0.39 is 5.41 Å². The van der Waals surface area contributed by atoms with Gasteiger partial charge in [-0.1, -0.05) is 0 Å². The summed E-state index contributed by atoms with van der Waals surface area (Å²) < 4.78 is 0.938. The highest BCUT2D eigenvalue weighted by Gasteiger charge is 2.36. The first-order valence-corrected chi connectivity index (χ1v) is 5.81. The lowest BCUT2D eigenvalue weighted by Crippen LogP contribution is -2.39. The number of pyridine rings is 1. The van der Waals surface area contributed by atoms with Gasteiger partial charge in [0.2, 0.25) is 0 Å². The number of aromatic nitrogens is 1. The van der Waals surface area contributed by atoms with Crippen molar-refractivity contribution in [3.05, 3.63) is 28.5 Å². The second-order valence-electron chi connectivity index (χ2n) is 3.78. The van der Waals surface area contributed by atoms with E-state index in [9.17, 15) is 5.26 Å². The third-order valence-corrected chi connectivity index (χ3v) is 3.52. The molecular formula is C11H12BrN3. The largest absolute Gasteiger partial charge is 0.317 e. The van der Waals surface area contributed by atoms with Crippen molar-refractivity contribution in [1.82, 2.24) is 10.3 Å². The molecule has 1 fully saturated rings. The van der Waals surface area contributed by atoms with Crippen molar-refractivity contribution in [2.24, 2.45) is 0 Å². The maximum Gasteiger partial charge on any atom is 0.103 e. The Morgan fingerprint density at radius 3 is 2.80 bits per heavy atom. The predicted molar refractivity (Wildman–Crippen MR) is 61.3 cm³/mol. The van der Waals surface area contributed by atoms with Crippen LogP contribution < -0.4 is 5.32 Å². The van der Waals surface area contributed by atoms with Gasteiger partial charge in [0.05, 0.1) is 11.8 Å². The van der Waals surface area contributed by atoms with Gasteiger partial charge < -0.3 is 5.32 Å². The topological polar surface area (TPSA) is 48.7 Å². The van der Waals surface area contributed by atoms with Gasteiger partial charge in [0.1, 0.15) is 5.41 Å². The molecule has 1 N–H and O–H groups in total. The molecule has 0 amide bonds. The standard InChI is InChI=1S/C11H12BrN3/c12-9-2-1-5-15-10(9)11(8-13)3-6-14-7-4-11/h1-2,5,14H,3-4,6-7H2. The fourth-order valence-electron chi connectivity index (χ4n) is 1.99. The van der Waals surface area contributed by atoms with E-state index in [2.05, 4.69) is 32.3 Å². The first kappa shape index (κ1) is 10.6. The fraction of sp³-hybridized carbons (Fsp3) is 0.455. The van der Waals surface area contributed by atoms with Crippen molar-refractivity contribution in [1.29, 1.82) is 5.26 Å². The van der Waals surface area contributed by atoms with Gasteiger partial charge in [-0.2, -0.15) is 5.26 Å². The van der Waals surface area contributed by atoms with Crippen molar-refractivity contribution in [2.45, 2.75) is 18.3 Å². The molecule has 1 aliphatic rings. The monoisotopic (exact) mass is 265 g/mol. The quantitative estimate of drug-likeness (QED) is 0.845. The fourth-order valence-corrected chi connectivity index (χ4v) is 2.63. The molecule has 0 unspecified atom stereocenters. The van der Waals surface area contributed by atoms with Crippen LogP contribution in [0.3, 0.4) is 0 Å². The van der Waals surface area contributed by atoms with Gasteiger partial charge in [-0.05, 0) is 54.0 Å². The minimum atomic E-state index is -0.411. The molecule has 1 aliphatic heterocycles.